The van der Waals surface area contributed by atoms with Gasteiger partial charge in [-0.3, -0.25) is 4.79 Å². The topological polar surface area (TPSA) is 102 Å². The third-order valence-electron chi connectivity index (χ3n) is 5.74. The van der Waals surface area contributed by atoms with Crippen molar-refractivity contribution in [2.24, 2.45) is 0 Å². The van der Waals surface area contributed by atoms with E-state index in [1.165, 1.54) is 11.4 Å². The molecule has 0 bridgehead atoms. The Labute approximate surface area is 182 Å². The molecule has 4 rings (SSSR count). The molecule has 0 spiro atoms. The number of ether oxygens (including phenoxy) is 2. The van der Waals surface area contributed by atoms with Crippen LogP contribution in [0.15, 0.2) is 35.4 Å². The van der Waals surface area contributed by atoms with Gasteiger partial charge in [-0.2, -0.15) is 4.31 Å². The number of hydrogen-bond donors (Lipinski definition) is 0. The summed E-state index contributed by atoms with van der Waals surface area (Å²) in [4.78, 5) is 23.7. The number of aryl methyl sites for hydroxylation is 1. The van der Waals surface area contributed by atoms with Crippen molar-refractivity contribution < 1.29 is 22.7 Å². The van der Waals surface area contributed by atoms with Crippen LogP contribution in [0, 0.1) is 6.92 Å². The minimum absolute atomic E-state index is 0.0949. The highest BCUT2D eigenvalue weighted by atomic mass is 32.2. The Hall–Kier alpha value is -2.56. The molecule has 31 heavy (non-hydrogen) atoms. The highest BCUT2D eigenvalue weighted by Gasteiger charge is 2.35. The lowest BCUT2D eigenvalue weighted by molar-refractivity contribution is 0.0301. The summed E-state index contributed by atoms with van der Waals surface area (Å²) in [5, 5.41) is 0. The van der Waals surface area contributed by atoms with Gasteiger partial charge in [-0.1, -0.05) is 0 Å². The van der Waals surface area contributed by atoms with Crippen molar-refractivity contribution in [3.8, 4) is 5.75 Å². The van der Waals surface area contributed by atoms with Crippen LogP contribution in [-0.4, -0.2) is 80.0 Å². The van der Waals surface area contributed by atoms with Gasteiger partial charge < -0.3 is 14.4 Å². The molecular weight excluding hydrogens is 420 g/mol. The Morgan fingerprint density at radius 2 is 1.87 bits per heavy atom. The summed E-state index contributed by atoms with van der Waals surface area (Å²) in [5.74, 6) is 0.971. The first-order valence-corrected chi connectivity index (χ1v) is 11.7. The number of rotatable bonds is 5. The van der Waals surface area contributed by atoms with E-state index < -0.39 is 10.0 Å². The lowest BCUT2D eigenvalue weighted by atomic mass is 10.1. The smallest absolute Gasteiger partial charge is 0.257 e. The number of morpholine rings is 1. The van der Waals surface area contributed by atoms with Crippen LogP contribution >= 0.6 is 0 Å². The number of aromatic nitrogens is 2. The molecule has 0 saturated carbocycles. The van der Waals surface area contributed by atoms with Crippen molar-refractivity contribution in [3.63, 3.8) is 0 Å². The summed E-state index contributed by atoms with van der Waals surface area (Å²) in [6.07, 6.45) is 2.20. The molecule has 3 heterocycles. The van der Waals surface area contributed by atoms with Gasteiger partial charge in [-0.25, -0.2) is 18.4 Å². The molecule has 0 radical (unpaired) electrons. The lowest BCUT2D eigenvalue weighted by Gasteiger charge is -2.27. The first kappa shape index (κ1) is 21.7. The first-order valence-electron chi connectivity index (χ1n) is 10.2. The SMILES string of the molecule is COc1ccc(S(=O)(=O)N2CC[C@H](c3ncc(C(=O)N4CCOCC4)c(C)n3)C2)cc1. The maximum Gasteiger partial charge on any atom is 0.257 e. The molecule has 2 aliphatic heterocycles. The molecule has 9 nitrogen and oxygen atoms in total. The summed E-state index contributed by atoms with van der Waals surface area (Å²) in [6.45, 7) is 4.68. The van der Waals surface area contributed by atoms with Gasteiger partial charge in [0.2, 0.25) is 10.0 Å². The van der Waals surface area contributed by atoms with Gasteiger partial charge in [-0.15, -0.1) is 0 Å². The van der Waals surface area contributed by atoms with Crippen LogP contribution in [0.3, 0.4) is 0 Å². The number of carbonyl (C=O) groups is 1. The van der Waals surface area contributed by atoms with E-state index in [0.29, 0.717) is 68.6 Å². The van der Waals surface area contributed by atoms with Crippen molar-refractivity contribution in [1.82, 2.24) is 19.2 Å². The van der Waals surface area contributed by atoms with Gasteiger partial charge in [0.25, 0.3) is 5.91 Å². The normalized spacial score (nSPS) is 20.1. The van der Waals surface area contributed by atoms with Crippen molar-refractivity contribution in [2.75, 3.05) is 46.5 Å². The molecule has 1 amide bonds. The van der Waals surface area contributed by atoms with Crippen LogP contribution in [0.5, 0.6) is 5.75 Å². The van der Waals surface area contributed by atoms with Gasteiger partial charge >= 0.3 is 0 Å². The molecule has 1 atom stereocenters. The zero-order valence-corrected chi connectivity index (χ0v) is 18.5. The van der Waals surface area contributed by atoms with E-state index in [2.05, 4.69) is 9.97 Å². The van der Waals surface area contributed by atoms with E-state index in [1.807, 2.05) is 0 Å². The van der Waals surface area contributed by atoms with E-state index in [-0.39, 0.29) is 16.7 Å². The lowest BCUT2D eigenvalue weighted by Crippen LogP contribution is -2.41. The quantitative estimate of drug-likeness (QED) is 0.685. The number of sulfonamides is 1. The third kappa shape index (κ3) is 4.41. The predicted octanol–water partition coefficient (Wildman–Crippen LogP) is 1.44. The summed E-state index contributed by atoms with van der Waals surface area (Å²) >= 11 is 0. The molecular formula is C21H26N4O5S. The molecule has 2 fully saturated rings. The van der Waals surface area contributed by atoms with Gasteiger partial charge in [0, 0.05) is 38.3 Å². The second kappa shape index (κ2) is 8.89. The Balaban J connectivity index is 1.47. The van der Waals surface area contributed by atoms with Crippen LogP contribution in [0.4, 0.5) is 0 Å². The Morgan fingerprint density at radius 1 is 1.16 bits per heavy atom. The molecule has 1 aromatic carbocycles. The molecule has 0 unspecified atom stereocenters. The highest BCUT2D eigenvalue weighted by Crippen LogP contribution is 2.30. The average Bonchev–Trinajstić information content (AvgIpc) is 3.30. The third-order valence-corrected chi connectivity index (χ3v) is 7.62. The Kier molecular flexibility index (Phi) is 6.22. The maximum absolute atomic E-state index is 13.0. The van der Waals surface area contributed by atoms with Gasteiger partial charge in [0.1, 0.15) is 11.6 Å². The maximum atomic E-state index is 13.0. The highest BCUT2D eigenvalue weighted by molar-refractivity contribution is 7.89. The minimum Gasteiger partial charge on any atom is -0.497 e. The summed E-state index contributed by atoms with van der Waals surface area (Å²) in [6, 6.07) is 6.37. The van der Waals surface area contributed by atoms with E-state index in [1.54, 1.807) is 42.3 Å². The fourth-order valence-corrected chi connectivity index (χ4v) is 5.38. The van der Waals surface area contributed by atoms with Gasteiger partial charge in [0.05, 0.1) is 36.5 Å². The Bertz CT molecular complexity index is 1050. The molecule has 10 heteroatoms. The molecule has 2 saturated heterocycles. The molecule has 0 N–H and O–H groups in total. The first-order chi connectivity index (χ1) is 14.9. The number of benzene rings is 1. The largest absolute Gasteiger partial charge is 0.497 e. The van der Waals surface area contributed by atoms with E-state index in [4.69, 9.17) is 9.47 Å². The average molecular weight is 447 g/mol. The van der Waals surface area contributed by atoms with E-state index in [0.717, 1.165) is 0 Å². The standard InChI is InChI=1S/C21H26N4O5S/c1-15-19(21(26)24-9-11-30-12-10-24)13-22-20(23-15)16-7-8-25(14-16)31(27,28)18-5-3-17(29-2)4-6-18/h3-6,13,16H,7-12,14H2,1-2H3/t16-/m0/s1. The molecule has 1 aromatic heterocycles. The molecule has 2 aliphatic rings. The van der Waals surface area contributed by atoms with E-state index >= 15 is 0 Å². The Morgan fingerprint density at radius 3 is 2.52 bits per heavy atom. The number of methoxy groups -OCH3 is 1. The summed E-state index contributed by atoms with van der Waals surface area (Å²) in [5.41, 5.74) is 1.09. The number of amides is 1. The summed E-state index contributed by atoms with van der Waals surface area (Å²) < 4.78 is 37.8. The van der Waals surface area contributed by atoms with Crippen molar-refractivity contribution >= 4 is 15.9 Å². The zero-order valence-electron chi connectivity index (χ0n) is 17.7. The van der Waals surface area contributed by atoms with Crippen molar-refractivity contribution in [3.05, 3.63) is 47.5 Å². The van der Waals surface area contributed by atoms with E-state index in [9.17, 15) is 13.2 Å². The number of carbonyl (C=O) groups excluding carboxylic acids is 1. The summed E-state index contributed by atoms with van der Waals surface area (Å²) in [7, 11) is -2.06. The molecule has 0 aliphatic carbocycles. The second-order valence-electron chi connectivity index (χ2n) is 7.66. The number of nitrogens with zero attached hydrogens (tertiary/aromatic N) is 4. The fraction of sp³-hybridized carbons (Fsp3) is 0.476. The minimum atomic E-state index is -3.60. The second-order valence-corrected chi connectivity index (χ2v) is 9.59. The van der Waals surface area contributed by atoms with Crippen molar-refractivity contribution in [1.29, 1.82) is 0 Å². The predicted molar refractivity (Wildman–Crippen MR) is 113 cm³/mol. The van der Waals surface area contributed by atoms with Gasteiger partial charge in [-0.05, 0) is 37.6 Å². The monoisotopic (exact) mass is 446 g/mol. The zero-order chi connectivity index (χ0) is 22.0. The van der Waals surface area contributed by atoms with Crippen molar-refractivity contribution in [2.45, 2.75) is 24.2 Å². The van der Waals surface area contributed by atoms with Crippen LogP contribution in [0.25, 0.3) is 0 Å². The van der Waals surface area contributed by atoms with Crippen LogP contribution in [-0.2, 0) is 14.8 Å². The van der Waals surface area contributed by atoms with Crippen LogP contribution in [0.1, 0.15) is 34.2 Å². The van der Waals surface area contributed by atoms with Crippen LogP contribution in [0.2, 0.25) is 0 Å². The number of hydrogen-bond acceptors (Lipinski definition) is 7. The molecule has 166 valence electrons. The fourth-order valence-electron chi connectivity index (χ4n) is 3.88. The van der Waals surface area contributed by atoms with Crippen LogP contribution < -0.4 is 4.74 Å². The van der Waals surface area contributed by atoms with Gasteiger partial charge in [0.15, 0.2) is 0 Å². The molecule has 2 aromatic rings.